The standard InChI is InChI=1S/C11H9BrN2O2S/c12-10-4-3-8(14(15)16)6-11(10)13-7-9-2-1-5-17-9/h1-6,13H,7H2. The summed E-state index contributed by atoms with van der Waals surface area (Å²) in [6.07, 6.45) is 0. The number of nitrogens with one attached hydrogen (secondary N) is 1. The molecular formula is C11H9BrN2O2S. The lowest BCUT2D eigenvalue weighted by molar-refractivity contribution is -0.384. The summed E-state index contributed by atoms with van der Waals surface area (Å²) in [7, 11) is 0. The van der Waals surface area contributed by atoms with Crippen molar-refractivity contribution in [3.05, 3.63) is 55.2 Å². The number of nitrogens with zero attached hydrogens (tertiary/aromatic N) is 1. The van der Waals surface area contributed by atoms with Crippen molar-refractivity contribution in [1.82, 2.24) is 0 Å². The van der Waals surface area contributed by atoms with Crippen molar-refractivity contribution in [3.8, 4) is 0 Å². The smallest absolute Gasteiger partial charge is 0.271 e. The van der Waals surface area contributed by atoms with Crippen molar-refractivity contribution in [2.75, 3.05) is 5.32 Å². The van der Waals surface area contributed by atoms with Gasteiger partial charge in [0.1, 0.15) is 0 Å². The zero-order valence-electron chi connectivity index (χ0n) is 8.72. The maximum atomic E-state index is 10.7. The van der Waals surface area contributed by atoms with Gasteiger partial charge in [0.05, 0.1) is 10.6 Å². The molecule has 1 aromatic carbocycles. The van der Waals surface area contributed by atoms with Gasteiger partial charge in [0.2, 0.25) is 0 Å². The third kappa shape index (κ3) is 3.04. The van der Waals surface area contributed by atoms with Crippen LogP contribution in [-0.2, 0) is 6.54 Å². The number of anilines is 1. The van der Waals surface area contributed by atoms with E-state index < -0.39 is 4.92 Å². The molecule has 17 heavy (non-hydrogen) atoms. The van der Waals surface area contributed by atoms with E-state index in [1.54, 1.807) is 17.4 Å². The maximum absolute atomic E-state index is 10.7. The number of halogens is 1. The van der Waals surface area contributed by atoms with Gasteiger partial charge in [-0.05, 0) is 33.4 Å². The molecule has 2 rings (SSSR count). The summed E-state index contributed by atoms with van der Waals surface area (Å²) in [5.74, 6) is 0. The Morgan fingerprint density at radius 3 is 2.88 bits per heavy atom. The Kier molecular flexibility index (Phi) is 3.75. The fourth-order valence-electron chi connectivity index (χ4n) is 1.36. The zero-order chi connectivity index (χ0) is 12.3. The monoisotopic (exact) mass is 312 g/mol. The van der Waals surface area contributed by atoms with Crippen LogP contribution in [0, 0.1) is 10.1 Å². The second kappa shape index (κ2) is 5.29. The minimum atomic E-state index is -0.400. The average molecular weight is 313 g/mol. The van der Waals surface area contributed by atoms with Crippen LogP contribution in [0.3, 0.4) is 0 Å². The van der Waals surface area contributed by atoms with Gasteiger partial charge < -0.3 is 5.32 Å². The Hall–Kier alpha value is -1.40. The fourth-order valence-corrected chi connectivity index (χ4v) is 2.39. The molecule has 0 aliphatic carbocycles. The Morgan fingerprint density at radius 2 is 2.24 bits per heavy atom. The molecule has 0 saturated carbocycles. The van der Waals surface area contributed by atoms with Gasteiger partial charge in [-0.3, -0.25) is 10.1 Å². The van der Waals surface area contributed by atoms with E-state index in [-0.39, 0.29) is 5.69 Å². The van der Waals surface area contributed by atoms with Gasteiger partial charge in [-0.1, -0.05) is 6.07 Å². The number of non-ortho nitro benzene ring substituents is 1. The molecule has 6 heteroatoms. The van der Waals surface area contributed by atoms with Gasteiger partial charge >= 0.3 is 0 Å². The molecule has 0 bridgehead atoms. The molecule has 1 aromatic heterocycles. The van der Waals surface area contributed by atoms with Crippen molar-refractivity contribution >= 4 is 38.6 Å². The molecular weight excluding hydrogens is 304 g/mol. The SMILES string of the molecule is O=[N+]([O-])c1ccc(Br)c(NCc2cccs2)c1. The minimum absolute atomic E-state index is 0.0851. The Balaban J connectivity index is 2.14. The Morgan fingerprint density at radius 1 is 1.41 bits per heavy atom. The second-order valence-corrected chi connectivity index (χ2v) is 5.24. The van der Waals surface area contributed by atoms with E-state index in [4.69, 9.17) is 0 Å². The minimum Gasteiger partial charge on any atom is -0.379 e. The van der Waals surface area contributed by atoms with E-state index in [0.29, 0.717) is 6.54 Å². The van der Waals surface area contributed by atoms with Crippen LogP contribution in [0.25, 0.3) is 0 Å². The number of nitro groups is 1. The van der Waals surface area contributed by atoms with E-state index in [0.717, 1.165) is 10.2 Å². The van der Waals surface area contributed by atoms with E-state index in [9.17, 15) is 10.1 Å². The second-order valence-electron chi connectivity index (χ2n) is 3.35. The van der Waals surface area contributed by atoms with Crippen LogP contribution in [0.2, 0.25) is 0 Å². The summed E-state index contributed by atoms with van der Waals surface area (Å²) in [4.78, 5) is 11.4. The van der Waals surface area contributed by atoms with Crippen LogP contribution in [0.1, 0.15) is 4.88 Å². The summed E-state index contributed by atoms with van der Waals surface area (Å²) in [6, 6.07) is 8.67. The van der Waals surface area contributed by atoms with Crippen LogP contribution in [0.5, 0.6) is 0 Å². The first-order valence-electron chi connectivity index (χ1n) is 4.87. The van der Waals surface area contributed by atoms with E-state index in [1.165, 1.54) is 17.0 Å². The molecule has 0 aliphatic heterocycles. The molecule has 2 aromatic rings. The summed E-state index contributed by atoms with van der Waals surface area (Å²) in [5.41, 5.74) is 0.814. The van der Waals surface area contributed by atoms with E-state index in [1.807, 2.05) is 17.5 Å². The molecule has 0 unspecified atom stereocenters. The third-order valence-electron chi connectivity index (χ3n) is 2.19. The first kappa shape index (κ1) is 12.1. The number of thiophene rings is 1. The highest BCUT2D eigenvalue weighted by atomic mass is 79.9. The van der Waals surface area contributed by atoms with Crippen LogP contribution in [-0.4, -0.2) is 4.92 Å². The number of hydrogen-bond acceptors (Lipinski definition) is 4. The predicted octanol–water partition coefficient (Wildman–Crippen LogP) is 4.03. The summed E-state index contributed by atoms with van der Waals surface area (Å²) in [6.45, 7) is 0.664. The third-order valence-corrected chi connectivity index (χ3v) is 3.76. The fraction of sp³-hybridized carbons (Fsp3) is 0.0909. The molecule has 1 N–H and O–H groups in total. The van der Waals surface area contributed by atoms with Crippen molar-refractivity contribution < 1.29 is 4.92 Å². The van der Waals surface area contributed by atoms with Crippen LogP contribution in [0.15, 0.2) is 40.2 Å². The number of nitro benzene ring substituents is 1. The highest BCUT2D eigenvalue weighted by Crippen LogP contribution is 2.27. The van der Waals surface area contributed by atoms with Crippen LogP contribution in [0.4, 0.5) is 11.4 Å². The van der Waals surface area contributed by atoms with Gasteiger partial charge in [-0.25, -0.2) is 0 Å². The summed E-state index contributed by atoms with van der Waals surface area (Å²) < 4.78 is 0.819. The largest absolute Gasteiger partial charge is 0.379 e. The molecule has 88 valence electrons. The lowest BCUT2D eigenvalue weighted by Crippen LogP contribution is -1.99. The Bertz CT molecular complexity index is 528. The molecule has 0 saturated heterocycles. The van der Waals surface area contributed by atoms with Crippen molar-refractivity contribution in [2.24, 2.45) is 0 Å². The first-order chi connectivity index (χ1) is 8.16. The number of benzene rings is 1. The quantitative estimate of drug-likeness (QED) is 0.685. The topological polar surface area (TPSA) is 55.2 Å². The van der Waals surface area contributed by atoms with Gasteiger partial charge in [-0.15, -0.1) is 11.3 Å². The van der Waals surface area contributed by atoms with Crippen molar-refractivity contribution in [3.63, 3.8) is 0 Å². The van der Waals surface area contributed by atoms with E-state index in [2.05, 4.69) is 21.2 Å². The average Bonchev–Trinajstić information content (AvgIpc) is 2.80. The molecule has 0 amide bonds. The molecule has 1 heterocycles. The zero-order valence-corrected chi connectivity index (χ0v) is 11.1. The summed E-state index contributed by atoms with van der Waals surface area (Å²) in [5, 5.41) is 15.8. The highest BCUT2D eigenvalue weighted by molar-refractivity contribution is 9.10. The lowest BCUT2D eigenvalue weighted by Gasteiger charge is -2.06. The maximum Gasteiger partial charge on any atom is 0.271 e. The molecule has 0 spiro atoms. The molecule has 4 nitrogen and oxygen atoms in total. The molecule has 0 radical (unpaired) electrons. The number of hydrogen-bond donors (Lipinski definition) is 1. The van der Waals surface area contributed by atoms with Crippen molar-refractivity contribution in [2.45, 2.75) is 6.54 Å². The van der Waals surface area contributed by atoms with Crippen molar-refractivity contribution in [1.29, 1.82) is 0 Å². The van der Waals surface area contributed by atoms with Gasteiger partial charge in [0.25, 0.3) is 5.69 Å². The van der Waals surface area contributed by atoms with E-state index >= 15 is 0 Å². The molecule has 0 atom stereocenters. The van der Waals surface area contributed by atoms with Gasteiger partial charge in [-0.2, -0.15) is 0 Å². The first-order valence-corrected chi connectivity index (χ1v) is 6.54. The van der Waals surface area contributed by atoms with Crippen LogP contribution >= 0.6 is 27.3 Å². The van der Waals surface area contributed by atoms with Gasteiger partial charge in [0.15, 0.2) is 0 Å². The predicted molar refractivity (Wildman–Crippen MR) is 72.4 cm³/mol. The summed E-state index contributed by atoms with van der Waals surface area (Å²) >= 11 is 5.01. The highest BCUT2D eigenvalue weighted by Gasteiger charge is 2.09. The lowest BCUT2D eigenvalue weighted by atomic mass is 10.3. The van der Waals surface area contributed by atoms with Gasteiger partial charge in [0, 0.05) is 28.0 Å². The Labute approximate surface area is 111 Å². The molecule has 0 fully saturated rings. The number of rotatable bonds is 4. The van der Waals surface area contributed by atoms with Crippen LogP contribution < -0.4 is 5.32 Å². The normalized spacial score (nSPS) is 10.2. The molecule has 0 aliphatic rings.